The molecule has 0 aromatic rings. The third kappa shape index (κ3) is 1.23. The Kier molecular flexibility index (Phi) is 2.50. The van der Waals surface area contributed by atoms with Crippen LogP contribution in [0.3, 0.4) is 0 Å². The lowest BCUT2D eigenvalue weighted by atomic mass is 9.48. The molecule has 0 spiro atoms. The Morgan fingerprint density at radius 3 is 2.00 bits per heavy atom. The maximum atomic E-state index is 10.6. The summed E-state index contributed by atoms with van der Waals surface area (Å²) in [6, 6.07) is 0. The van der Waals surface area contributed by atoms with Crippen LogP contribution in [-0.2, 0) is 0 Å². The molecule has 0 radical (unpaired) electrons. The van der Waals surface area contributed by atoms with Gasteiger partial charge in [-0.1, -0.05) is 27.7 Å². The molecule has 0 saturated heterocycles. The Bertz CT molecular complexity index is 196. The van der Waals surface area contributed by atoms with Gasteiger partial charge in [-0.05, 0) is 24.7 Å². The van der Waals surface area contributed by atoms with Crippen LogP contribution in [0.1, 0.15) is 47.0 Å². The number of rotatable bonds is 3. The van der Waals surface area contributed by atoms with Crippen LogP contribution >= 0.6 is 0 Å². The van der Waals surface area contributed by atoms with Crippen LogP contribution < -0.4 is 5.73 Å². The van der Waals surface area contributed by atoms with Crippen LogP contribution in [0.15, 0.2) is 0 Å². The van der Waals surface area contributed by atoms with Gasteiger partial charge >= 0.3 is 0 Å². The maximum Gasteiger partial charge on any atom is 0.0763 e. The van der Waals surface area contributed by atoms with E-state index in [0.29, 0.717) is 6.54 Å². The number of aliphatic hydroxyl groups is 1. The second-order valence-electron chi connectivity index (χ2n) is 5.36. The highest BCUT2D eigenvalue weighted by atomic mass is 16.3. The first-order valence-electron chi connectivity index (χ1n) is 5.25. The summed E-state index contributed by atoms with van der Waals surface area (Å²) in [6.07, 6.45) is 2.96. The zero-order chi connectivity index (χ0) is 10.3. The molecule has 3 N–H and O–H groups in total. The van der Waals surface area contributed by atoms with Gasteiger partial charge < -0.3 is 10.8 Å². The second-order valence-corrected chi connectivity index (χ2v) is 5.36. The van der Waals surface area contributed by atoms with Gasteiger partial charge in [0.25, 0.3) is 0 Å². The fraction of sp³-hybridized carbons (Fsp3) is 1.00. The minimum Gasteiger partial charge on any atom is -0.389 e. The third-order valence-corrected chi connectivity index (χ3v) is 4.46. The molecule has 13 heavy (non-hydrogen) atoms. The molecular weight excluding hydrogens is 162 g/mol. The van der Waals surface area contributed by atoms with Crippen LogP contribution in [0.4, 0.5) is 0 Å². The van der Waals surface area contributed by atoms with Crippen molar-refractivity contribution in [2.24, 2.45) is 16.6 Å². The standard InChI is InChI=1S/C11H23NO/c1-5-10(4,8-12)11(13)7-6-9(11,2)3/h13H,5-8,12H2,1-4H3. The Hall–Kier alpha value is -0.0800. The van der Waals surface area contributed by atoms with E-state index in [2.05, 4.69) is 27.7 Å². The van der Waals surface area contributed by atoms with E-state index in [1.165, 1.54) is 0 Å². The maximum absolute atomic E-state index is 10.6. The molecule has 0 heterocycles. The predicted molar refractivity (Wildman–Crippen MR) is 55.4 cm³/mol. The van der Waals surface area contributed by atoms with Crippen molar-refractivity contribution in [1.29, 1.82) is 0 Å². The molecule has 2 atom stereocenters. The number of nitrogens with two attached hydrogens (primary N) is 1. The molecule has 2 heteroatoms. The summed E-state index contributed by atoms with van der Waals surface area (Å²) < 4.78 is 0. The van der Waals surface area contributed by atoms with Gasteiger partial charge in [-0.15, -0.1) is 0 Å². The zero-order valence-electron chi connectivity index (χ0n) is 9.35. The summed E-state index contributed by atoms with van der Waals surface area (Å²) in [5, 5.41) is 10.6. The van der Waals surface area contributed by atoms with Crippen LogP contribution in [0, 0.1) is 10.8 Å². The summed E-state index contributed by atoms with van der Waals surface area (Å²) >= 11 is 0. The van der Waals surface area contributed by atoms with Crippen molar-refractivity contribution in [3.8, 4) is 0 Å². The van der Waals surface area contributed by atoms with Crippen LogP contribution in [-0.4, -0.2) is 17.3 Å². The monoisotopic (exact) mass is 185 g/mol. The highest BCUT2D eigenvalue weighted by molar-refractivity contribution is 5.11. The van der Waals surface area contributed by atoms with Crippen molar-refractivity contribution in [2.75, 3.05) is 6.54 Å². The third-order valence-electron chi connectivity index (χ3n) is 4.46. The first-order valence-corrected chi connectivity index (χ1v) is 5.25. The summed E-state index contributed by atoms with van der Waals surface area (Å²) in [5.74, 6) is 0. The molecule has 1 fully saturated rings. The first kappa shape index (κ1) is 11.0. The Morgan fingerprint density at radius 1 is 1.38 bits per heavy atom. The Balaban J connectivity index is 2.92. The van der Waals surface area contributed by atoms with E-state index in [9.17, 15) is 5.11 Å². The summed E-state index contributed by atoms with van der Waals surface area (Å²) in [5.41, 5.74) is 5.14. The molecule has 0 bridgehead atoms. The van der Waals surface area contributed by atoms with Gasteiger partial charge in [-0.3, -0.25) is 0 Å². The quantitative estimate of drug-likeness (QED) is 0.705. The van der Waals surface area contributed by atoms with Gasteiger partial charge in [0.05, 0.1) is 5.60 Å². The largest absolute Gasteiger partial charge is 0.389 e. The van der Waals surface area contributed by atoms with E-state index in [4.69, 9.17) is 5.73 Å². The minimum absolute atomic E-state index is 0.0388. The molecule has 78 valence electrons. The zero-order valence-corrected chi connectivity index (χ0v) is 9.35. The molecule has 0 aliphatic heterocycles. The first-order chi connectivity index (χ1) is 5.83. The van der Waals surface area contributed by atoms with E-state index in [1.54, 1.807) is 0 Å². The van der Waals surface area contributed by atoms with Gasteiger partial charge in [-0.2, -0.15) is 0 Å². The van der Waals surface area contributed by atoms with Crippen molar-refractivity contribution < 1.29 is 5.11 Å². The molecule has 0 aromatic heterocycles. The topological polar surface area (TPSA) is 46.2 Å². The number of hydrogen-bond acceptors (Lipinski definition) is 2. The van der Waals surface area contributed by atoms with Crippen LogP contribution in [0.25, 0.3) is 0 Å². The smallest absolute Gasteiger partial charge is 0.0763 e. The minimum atomic E-state index is -0.552. The summed E-state index contributed by atoms with van der Waals surface area (Å²) in [4.78, 5) is 0. The molecular formula is C11H23NO. The van der Waals surface area contributed by atoms with E-state index in [-0.39, 0.29) is 10.8 Å². The fourth-order valence-electron chi connectivity index (χ4n) is 2.59. The molecule has 2 nitrogen and oxygen atoms in total. The van der Waals surface area contributed by atoms with E-state index >= 15 is 0 Å². The van der Waals surface area contributed by atoms with Crippen molar-refractivity contribution in [2.45, 2.75) is 52.6 Å². The Labute approximate surface area is 81.5 Å². The highest BCUT2D eigenvalue weighted by Gasteiger charge is 2.60. The lowest BCUT2D eigenvalue weighted by molar-refractivity contribution is -0.220. The van der Waals surface area contributed by atoms with Crippen LogP contribution in [0.2, 0.25) is 0 Å². The molecule has 1 aliphatic rings. The predicted octanol–water partition coefficient (Wildman–Crippen LogP) is 1.91. The molecule has 0 amide bonds. The summed E-state index contributed by atoms with van der Waals surface area (Å²) in [7, 11) is 0. The molecule has 0 aromatic carbocycles. The van der Waals surface area contributed by atoms with Gasteiger partial charge in [-0.25, -0.2) is 0 Å². The van der Waals surface area contributed by atoms with Gasteiger partial charge in [0.2, 0.25) is 0 Å². The Morgan fingerprint density at radius 2 is 1.92 bits per heavy atom. The molecule has 2 unspecified atom stereocenters. The average Bonchev–Trinajstić information content (AvgIpc) is 2.13. The second kappa shape index (κ2) is 2.96. The van der Waals surface area contributed by atoms with Gasteiger partial charge in [0.1, 0.15) is 0 Å². The van der Waals surface area contributed by atoms with Gasteiger partial charge in [0, 0.05) is 12.0 Å². The lowest BCUT2D eigenvalue weighted by Gasteiger charge is -2.61. The van der Waals surface area contributed by atoms with Crippen molar-refractivity contribution in [3.63, 3.8) is 0 Å². The van der Waals surface area contributed by atoms with Crippen molar-refractivity contribution in [1.82, 2.24) is 0 Å². The lowest BCUT2D eigenvalue weighted by Crippen LogP contribution is -2.65. The SMILES string of the molecule is CCC(C)(CN)C1(O)CCC1(C)C. The van der Waals surface area contributed by atoms with E-state index in [0.717, 1.165) is 19.3 Å². The summed E-state index contributed by atoms with van der Waals surface area (Å²) in [6.45, 7) is 9.07. The van der Waals surface area contributed by atoms with E-state index in [1.807, 2.05) is 0 Å². The van der Waals surface area contributed by atoms with Crippen LogP contribution in [0.5, 0.6) is 0 Å². The number of hydrogen-bond donors (Lipinski definition) is 2. The van der Waals surface area contributed by atoms with E-state index < -0.39 is 5.60 Å². The molecule has 1 aliphatic carbocycles. The van der Waals surface area contributed by atoms with Crippen molar-refractivity contribution >= 4 is 0 Å². The highest BCUT2D eigenvalue weighted by Crippen LogP contribution is 2.58. The average molecular weight is 185 g/mol. The molecule has 1 rings (SSSR count). The molecule has 1 saturated carbocycles. The normalized spacial score (nSPS) is 36.5. The van der Waals surface area contributed by atoms with Crippen molar-refractivity contribution in [3.05, 3.63) is 0 Å². The van der Waals surface area contributed by atoms with Gasteiger partial charge in [0.15, 0.2) is 0 Å². The fourth-order valence-corrected chi connectivity index (χ4v) is 2.59.